The number of carbonyl (C=O) groups is 2. The molecule has 1 aliphatic heterocycles. The van der Waals surface area contributed by atoms with E-state index in [9.17, 15) is 14.7 Å². The molecule has 2 aliphatic rings. The molecule has 0 saturated heterocycles. The highest BCUT2D eigenvalue weighted by molar-refractivity contribution is 6.36. The van der Waals surface area contributed by atoms with Gasteiger partial charge in [0.05, 0.1) is 11.6 Å². The van der Waals surface area contributed by atoms with Gasteiger partial charge in [0.2, 0.25) is 23.1 Å². The normalized spacial score (nSPS) is 23.2. The molecule has 0 radical (unpaired) electrons. The fourth-order valence-electron chi connectivity index (χ4n) is 3.66. The third-order valence-corrected chi connectivity index (χ3v) is 5.38. The van der Waals surface area contributed by atoms with Crippen LogP contribution in [0.15, 0.2) is 22.4 Å². The first-order valence-electron chi connectivity index (χ1n) is 8.88. The van der Waals surface area contributed by atoms with Crippen molar-refractivity contribution in [2.24, 2.45) is 5.92 Å². The molecule has 2 heterocycles. The van der Waals surface area contributed by atoms with E-state index in [1.54, 1.807) is 13.8 Å². The van der Waals surface area contributed by atoms with E-state index in [1.165, 1.54) is 6.07 Å². The van der Waals surface area contributed by atoms with Crippen molar-refractivity contribution < 1.29 is 33.8 Å². The molecule has 2 N–H and O–H groups in total. The van der Waals surface area contributed by atoms with Crippen LogP contribution in [0.5, 0.6) is 11.5 Å². The van der Waals surface area contributed by atoms with E-state index in [2.05, 4.69) is 10.1 Å². The number of benzene rings is 1. The maximum atomic E-state index is 13.4. The van der Waals surface area contributed by atoms with E-state index in [4.69, 9.17) is 30.7 Å². The topological polar surface area (TPSA) is 132 Å². The van der Waals surface area contributed by atoms with Gasteiger partial charge in [-0.05, 0) is 6.07 Å². The molecular weight excluding hydrogens is 404 g/mol. The zero-order valence-electron chi connectivity index (χ0n) is 15.6. The zero-order chi connectivity index (χ0) is 20.9. The predicted octanol–water partition coefficient (Wildman–Crippen LogP) is 2.43. The summed E-state index contributed by atoms with van der Waals surface area (Å²) in [6, 6.07) is 1.46. The summed E-state index contributed by atoms with van der Waals surface area (Å²) in [5.41, 5.74) is -1.46. The average Bonchev–Trinajstić information content (AvgIpc) is 3.22. The number of aliphatic hydroxyl groups excluding tert-OH is 2. The van der Waals surface area contributed by atoms with E-state index >= 15 is 0 Å². The summed E-state index contributed by atoms with van der Waals surface area (Å²) in [6.07, 6.45) is 1.01. The van der Waals surface area contributed by atoms with E-state index in [-0.39, 0.29) is 53.3 Å². The number of ketones is 2. The number of aryl methyl sites for hydroxylation is 1. The van der Waals surface area contributed by atoms with Gasteiger partial charge in [-0.1, -0.05) is 23.7 Å². The average molecular weight is 421 g/mol. The lowest BCUT2D eigenvalue weighted by Crippen LogP contribution is -2.51. The van der Waals surface area contributed by atoms with Crippen molar-refractivity contribution >= 4 is 23.2 Å². The van der Waals surface area contributed by atoms with Gasteiger partial charge in [0.1, 0.15) is 23.7 Å². The lowest BCUT2D eigenvalue weighted by molar-refractivity contribution is -0.118. The molecule has 152 valence electrons. The highest BCUT2D eigenvalue weighted by atomic mass is 35.5. The molecule has 0 amide bonds. The molecule has 1 aliphatic carbocycles. The number of allylic oxidation sites excluding steroid dienone is 1. The van der Waals surface area contributed by atoms with Crippen LogP contribution < -0.4 is 9.47 Å². The minimum atomic E-state index is -1.77. The Morgan fingerprint density at radius 2 is 2.17 bits per heavy atom. The molecule has 4 rings (SSSR count). The second kappa shape index (κ2) is 6.85. The first-order valence-corrected chi connectivity index (χ1v) is 9.26. The summed E-state index contributed by atoms with van der Waals surface area (Å²) in [5.74, 6) is -1.46. The molecule has 1 aromatic heterocycles. The Kier molecular flexibility index (Phi) is 4.59. The minimum absolute atomic E-state index is 0.00860. The number of aliphatic hydroxyl groups is 2. The van der Waals surface area contributed by atoms with Crippen molar-refractivity contribution in [3.63, 3.8) is 0 Å². The van der Waals surface area contributed by atoms with Crippen molar-refractivity contribution in [2.45, 2.75) is 25.9 Å². The molecule has 2 atom stereocenters. The number of fused-ring (bicyclic) bond motifs is 1. The number of aromatic nitrogens is 2. The van der Waals surface area contributed by atoms with Gasteiger partial charge in [0, 0.05) is 30.9 Å². The maximum absolute atomic E-state index is 13.4. The molecule has 1 spiro atoms. The third kappa shape index (κ3) is 2.80. The molecule has 0 unspecified atom stereocenters. The Balaban J connectivity index is 1.93. The summed E-state index contributed by atoms with van der Waals surface area (Å²) < 4.78 is 16.5. The maximum Gasteiger partial charge on any atom is 0.230 e. The Morgan fingerprint density at radius 1 is 1.41 bits per heavy atom. The Bertz CT molecular complexity index is 1060. The fraction of sp³-hybridized carbons (Fsp3) is 0.368. The highest BCUT2D eigenvalue weighted by Gasteiger charge is 2.59. The van der Waals surface area contributed by atoms with Crippen LogP contribution in [0.1, 0.15) is 29.6 Å². The lowest BCUT2D eigenvalue weighted by atomic mass is 9.75. The number of ether oxygens (including phenoxy) is 2. The summed E-state index contributed by atoms with van der Waals surface area (Å²) >= 11 is 6.52. The molecule has 0 saturated carbocycles. The molecule has 2 aromatic rings. The largest absolute Gasteiger partial charge is 0.507 e. The van der Waals surface area contributed by atoms with E-state index in [0.717, 1.165) is 6.08 Å². The van der Waals surface area contributed by atoms with Crippen LogP contribution in [-0.4, -0.2) is 50.7 Å². The van der Waals surface area contributed by atoms with Crippen LogP contribution >= 0.6 is 11.6 Å². The van der Waals surface area contributed by atoms with Crippen molar-refractivity contribution in [1.29, 1.82) is 0 Å². The minimum Gasteiger partial charge on any atom is -0.507 e. The highest BCUT2D eigenvalue weighted by Crippen LogP contribution is 2.53. The fourth-order valence-corrected chi connectivity index (χ4v) is 3.94. The van der Waals surface area contributed by atoms with E-state index in [0.29, 0.717) is 11.5 Å². The molecule has 0 fully saturated rings. The number of nitrogens with zero attached hydrogens (tertiary/aromatic N) is 2. The van der Waals surface area contributed by atoms with Crippen LogP contribution in [0.25, 0.3) is 11.4 Å². The second-order valence-electron chi connectivity index (χ2n) is 6.92. The van der Waals surface area contributed by atoms with Gasteiger partial charge in [0.25, 0.3) is 0 Å². The number of hydrogen-bond donors (Lipinski definition) is 2. The van der Waals surface area contributed by atoms with Gasteiger partial charge in [-0.15, -0.1) is 0 Å². The summed E-state index contributed by atoms with van der Waals surface area (Å²) in [6.45, 7) is 2.87. The number of Topliss-reactive ketones (excluding diaryl/α,β-unsaturated/α-hetero) is 1. The number of carbonyl (C=O) groups excluding carboxylic acids is 2. The Labute approximate surface area is 169 Å². The first kappa shape index (κ1) is 19.4. The number of rotatable bonds is 4. The van der Waals surface area contributed by atoms with Crippen LogP contribution in [0.3, 0.4) is 0 Å². The van der Waals surface area contributed by atoms with Crippen molar-refractivity contribution in [3.05, 3.63) is 34.4 Å². The third-order valence-electron chi connectivity index (χ3n) is 5.01. The smallest absolute Gasteiger partial charge is 0.230 e. The Hall–Kier alpha value is -2.91. The van der Waals surface area contributed by atoms with E-state index < -0.39 is 23.1 Å². The van der Waals surface area contributed by atoms with Crippen molar-refractivity contribution in [2.75, 3.05) is 13.2 Å². The molecule has 0 bridgehead atoms. The van der Waals surface area contributed by atoms with Gasteiger partial charge in [-0.3, -0.25) is 9.59 Å². The van der Waals surface area contributed by atoms with Crippen LogP contribution in [-0.2, 0) is 4.79 Å². The van der Waals surface area contributed by atoms with Crippen LogP contribution in [0.4, 0.5) is 0 Å². The van der Waals surface area contributed by atoms with Crippen molar-refractivity contribution in [1.82, 2.24) is 10.1 Å². The van der Waals surface area contributed by atoms with Gasteiger partial charge in [-0.25, -0.2) is 0 Å². The molecule has 29 heavy (non-hydrogen) atoms. The predicted molar refractivity (Wildman–Crippen MR) is 99.3 cm³/mol. The number of hydrogen-bond acceptors (Lipinski definition) is 9. The van der Waals surface area contributed by atoms with Gasteiger partial charge in [-0.2, -0.15) is 4.98 Å². The van der Waals surface area contributed by atoms with E-state index in [1.807, 2.05) is 0 Å². The zero-order valence-corrected chi connectivity index (χ0v) is 16.3. The Morgan fingerprint density at radius 3 is 2.79 bits per heavy atom. The summed E-state index contributed by atoms with van der Waals surface area (Å²) in [7, 11) is 0. The monoisotopic (exact) mass is 420 g/mol. The standard InChI is InChI=1S/C19H17ClN2O7/c1-8-5-10(24)6-13(25)19(8)17(26)14-12(27-4-3-23)7-11(15(20)16(14)28-19)18-21-9(2)29-22-18/h6-8,23,25H,3-5H2,1-2H3/t8-,19+/m1/s1. The quantitative estimate of drug-likeness (QED) is 0.764. The SMILES string of the molecule is Cc1nc(-c2cc(OCCO)c3c(c2Cl)O[C@]2(C3=O)C(O)=CC(=O)C[C@H]2C)no1. The van der Waals surface area contributed by atoms with Gasteiger partial charge >= 0.3 is 0 Å². The summed E-state index contributed by atoms with van der Waals surface area (Å²) in [5, 5.41) is 23.5. The second-order valence-corrected chi connectivity index (χ2v) is 7.30. The molecule has 9 nitrogen and oxygen atoms in total. The lowest BCUT2D eigenvalue weighted by Gasteiger charge is -2.34. The van der Waals surface area contributed by atoms with Crippen LogP contribution in [0.2, 0.25) is 5.02 Å². The van der Waals surface area contributed by atoms with Crippen molar-refractivity contribution in [3.8, 4) is 22.9 Å². The molecule has 1 aromatic carbocycles. The number of halogens is 1. The molecular formula is C19H17ClN2O7. The summed E-state index contributed by atoms with van der Waals surface area (Å²) in [4.78, 5) is 29.4. The first-order chi connectivity index (χ1) is 13.8. The molecule has 10 heteroatoms. The van der Waals surface area contributed by atoms with Crippen LogP contribution in [0, 0.1) is 12.8 Å². The van der Waals surface area contributed by atoms with Gasteiger partial charge in [0.15, 0.2) is 11.5 Å². The van der Waals surface area contributed by atoms with Gasteiger partial charge < -0.3 is 24.2 Å².